The molecule has 0 amide bonds. The molecule has 0 radical (unpaired) electrons. The summed E-state index contributed by atoms with van der Waals surface area (Å²) in [6.45, 7) is 0. The Bertz CT molecular complexity index is 261. The number of halogens is 2. The molecule has 1 rings (SSSR count). The minimum Gasteiger partial charge on any atom is -0.298 e. The molecule has 5 heteroatoms. The lowest BCUT2D eigenvalue weighted by molar-refractivity contribution is 1.45. The zero-order valence-corrected chi connectivity index (χ0v) is 6.29. The van der Waals surface area contributed by atoms with Crippen LogP contribution in [0.15, 0.2) is 16.2 Å². The van der Waals surface area contributed by atoms with Crippen LogP contribution < -0.4 is 0 Å². The summed E-state index contributed by atoms with van der Waals surface area (Å²) in [5.41, 5.74) is -0.101. The van der Waals surface area contributed by atoms with Gasteiger partial charge in [0, 0.05) is 6.08 Å². The second-order valence-electron chi connectivity index (χ2n) is 1.66. The van der Waals surface area contributed by atoms with Crippen LogP contribution in [0.25, 0.3) is 0 Å². The van der Waals surface area contributed by atoms with E-state index in [1.807, 2.05) is 0 Å². The molecule has 0 atom stereocenters. The van der Waals surface area contributed by atoms with Crippen LogP contribution in [0.4, 0.5) is 0 Å². The molecule has 52 valence electrons. The minimum absolute atomic E-state index is 0.00926. The standard InChI is InChI=1S/C5H3Cl2N3/c6-3-1-2(8)4(9)5(7)10-3/h1,8-9H. The third-order valence-corrected chi connectivity index (χ3v) is 1.41. The van der Waals surface area contributed by atoms with Crippen molar-refractivity contribution in [2.45, 2.75) is 0 Å². The molecular weight excluding hydrogens is 173 g/mol. The Kier molecular flexibility index (Phi) is 1.87. The van der Waals surface area contributed by atoms with Gasteiger partial charge in [-0.1, -0.05) is 23.2 Å². The van der Waals surface area contributed by atoms with Gasteiger partial charge in [0.2, 0.25) is 0 Å². The normalized spacial score (nSPS) is 18.6. The van der Waals surface area contributed by atoms with Gasteiger partial charge in [-0.05, 0) is 0 Å². The number of aliphatic imine (C=N–C) groups is 1. The van der Waals surface area contributed by atoms with E-state index in [2.05, 4.69) is 4.99 Å². The highest BCUT2D eigenvalue weighted by Gasteiger charge is 2.13. The first-order valence-electron chi connectivity index (χ1n) is 2.40. The second kappa shape index (κ2) is 2.52. The fourth-order valence-corrected chi connectivity index (χ4v) is 0.914. The van der Waals surface area contributed by atoms with Gasteiger partial charge in [-0.3, -0.25) is 10.8 Å². The summed E-state index contributed by atoms with van der Waals surface area (Å²) in [7, 11) is 0. The molecule has 3 nitrogen and oxygen atoms in total. The largest absolute Gasteiger partial charge is 0.298 e. The van der Waals surface area contributed by atoms with E-state index < -0.39 is 0 Å². The van der Waals surface area contributed by atoms with Crippen molar-refractivity contribution in [2.24, 2.45) is 4.99 Å². The maximum Gasteiger partial charge on any atom is 0.157 e. The summed E-state index contributed by atoms with van der Waals surface area (Å²) >= 11 is 10.8. The van der Waals surface area contributed by atoms with Crippen LogP contribution >= 0.6 is 23.2 Å². The van der Waals surface area contributed by atoms with Crippen molar-refractivity contribution in [3.8, 4) is 0 Å². The van der Waals surface area contributed by atoms with Gasteiger partial charge in [-0.25, -0.2) is 4.99 Å². The molecule has 0 saturated heterocycles. The van der Waals surface area contributed by atoms with Crippen molar-refractivity contribution < 1.29 is 0 Å². The Morgan fingerprint density at radius 3 is 2.40 bits per heavy atom. The lowest BCUT2D eigenvalue weighted by Crippen LogP contribution is -2.19. The molecule has 0 aromatic heterocycles. The average Bonchev–Trinajstić information content (AvgIpc) is 1.82. The zero-order valence-electron chi connectivity index (χ0n) is 4.78. The summed E-state index contributed by atoms with van der Waals surface area (Å²) in [6.07, 6.45) is 1.27. The number of nitrogens with zero attached hydrogens (tertiary/aromatic N) is 1. The van der Waals surface area contributed by atoms with Gasteiger partial charge < -0.3 is 0 Å². The van der Waals surface area contributed by atoms with E-state index in [1.165, 1.54) is 6.08 Å². The van der Waals surface area contributed by atoms with Crippen molar-refractivity contribution >= 4 is 39.8 Å². The van der Waals surface area contributed by atoms with Crippen LogP contribution in [0.3, 0.4) is 0 Å². The van der Waals surface area contributed by atoms with Crippen LogP contribution in [-0.2, 0) is 0 Å². The number of rotatable bonds is 0. The van der Waals surface area contributed by atoms with Gasteiger partial charge in [0.05, 0.1) is 5.71 Å². The van der Waals surface area contributed by atoms with E-state index in [9.17, 15) is 0 Å². The molecular formula is C5H3Cl2N3. The Balaban J connectivity index is 3.07. The van der Waals surface area contributed by atoms with E-state index in [1.54, 1.807) is 0 Å². The monoisotopic (exact) mass is 175 g/mol. The third kappa shape index (κ3) is 1.25. The van der Waals surface area contributed by atoms with Crippen LogP contribution in [0.1, 0.15) is 0 Å². The van der Waals surface area contributed by atoms with E-state index in [0.29, 0.717) is 0 Å². The summed E-state index contributed by atoms with van der Waals surface area (Å²) in [5, 5.41) is 14.3. The van der Waals surface area contributed by atoms with Crippen LogP contribution in [0.5, 0.6) is 0 Å². The highest BCUT2D eigenvalue weighted by Crippen LogP contribution is 2.11. The van der Waals surface area contributed by atoms with Gasteiger partial charge in [-0.2, -0.15) is 0 Å². The number of allylic oxidation sites excluding steroid dienone is 1. The highest BCUT2D eigenvalue weighted by molar-refractivity contribution is 6.93. The quantitative estimate of drug-likeness (QED) is 0.528. The molecule has 0 fully saturated rings. The van der Waals surface area contributed by atoms with E-state index in [4.69, 9.17) is 34.0 Å². The maximum absolute atomic E-state index is 7.10. The van der Waals surface area contributed by atoms with Gasteiger partial charge in [-0.15, -0.1) is 0 Å². The van der Waals surface area contributed by atoms with Crippen molar-refractivity contribution in [3.63, 3.8) is 0 Å². The predicted molar refractivity (Wildman–Crippen MR) is 42.7 cm³/mol. The summed E-state index contributed by atoms with van der Waals surface area (Å²) in [5.74, 6) is 0. The van der Waals surface area contributed by atoms with Gasteiger partial charge >= 0.3 is 0 Å². The summed E-state index contributed by atoms with van der Waals surface area (Å²) in [6, 6.07) is 0. The third-order valence-electron chi connectivity index (χ3n) is 0.944. The summed E-state index contributed by atoms with van der Waals surface area (Å²) in [4.78, 5) is 3.56. The Labute approximate surface area is 67.4 Å². The van der Waals surface area contributed by atoms with Crippen LogP contribution in [-0.4, -0.2) is 16.6 Å². The van der Waals surface area contributed by atoms with Crippen molar-refractivity contribution in [1.29, 1.82) is 10.8 Å². The van der Waals surface area contributed by atoms with Crippen molar-refractivity contribution in [1.82, 2.24) is 0 Å². The highest BCUT2D eigenvalue weighted by atomic mass is 35.5. The average molecular weight is 176 g/mol. The van der Waals surface area contributed by atoms with E-state index in [-0.39, 0.29) is 21.8 Å². The molecule has 0 unspecified atom stereocenters. The Morgan fingerprint density at radius 2 is 1.90 bits per heavy atom. The van der Waals surface area contributed by atoms with Crippen molar-refractivity contribution in [2.75, 3.05) is 0 Å². The topological polar surface area (TPSA) is 60.1 Å². The minimum atomic E-state index is -0.0916. The molecule has 0 spiro atoms. The van der Waals surface area contributed by atoms with Gasteiger partial charge in [0.25, 0.3) is 0 Å². The molecule has 1 heterocycles. The first-order chi connectivity index (χ1) is 4.61. The van der Waals surface area contributed by atoms with Crippen LogP contribution in [0, 0.1) is 10.8 Å². The molecule has 0 aromatic rings. The maximum atomic E-state index is 7.10. The lowest BCUT2D eigenvalue weighted by atomic mass is 10.2. The molecule has 10 heavy (non-hydrogen) atoms. The first-order valence-corrected chi connectivity index (χ1v) is 3.16. The zero-order chi connectivity index (χ0) is 7.72. The van der Waals surface area contributed by atoms with Crippen LogP contribution in [0.2, 0.25) is 0 Å². The molecule has 0 aliphatic carbocycles. The fraction of sp³-hybridized carbons (Fsp3) is 0. The molecule has 0 bridgehead atoms. The molecule has 2 N–H and O–H groups in total. The van der Waals surface area contributed by atoms with E-state index in [0.717, 1.165) is 0 Å². The number of hydrogen-bond acceptors (Lipinski definition) is 3. The molecule has 1 aliphatic heterocycles. The fourth-order valence-electron chi connectivity index (χ4n) is 0.484. The SMILES string of the molecule is N=C1C=C(Cl)N=C(Cl)C1=N. The first kappa shape index (κ1) is 7.44. The lowest BCUT2D eigenvalue weighted by Gasteiger charge is -2.04. The number of hydrogen-bond donors (Lipinski definition) is 2. The van der Waals surface area contributed by atoms with Gasteiger partial charge in [0.15, 0.2) is 5.17 Å². The van der Waals surface area contributed by atoms with E-state index >= 15 is 0 Å². The molecule has 0 saturated carbocycles. The smallest absolute Gasteiger partial charge is 0.157 e. The number of nitrogens with one attached hydrogen (secondary N) is 2. The molecule has 0 aromatic carbocycles. The predicted octanol–water partition coefficient (Wildman–Crippen LogP) is 1.76. The Morgan fingerprint density at radius 1 is 1.30 bits per heavy atom. The molecule has 1 aliphatic rings. The second-order valence-corrected chi connectivity index (χ2v) is 2.40. The Hall–Kier alpha value is -0.670. The summed E-state index contributed by atoms with van der Waals surface area (Å²) < 4.78 is 0. The van der Waals surface area contributed by atoms with Crippen molar-refractivity contribution in [3.05, 3.63) is 11.2 Å². The van der Waals surface area contributed by atoms with Gasteiger partial charge in [0.1, 0.15) is 10.9 Å².